The number of aryl methyl sites for hydroxylation is 3. The maximum atomic E-state index is 13.1. The molecule has 2 heterocycles. The van der Waals surface area contributed by atoms with E-state index in [4.69, 9.17) is 9.47 Å². The Balaban J connectivity index is 1.79. The second-order valence-corrected chi connectivity index (χ2v) is 7.79. The van der Waals surface area contributed by atoms with Crippen molar-refractivity contribution in [1.29, 1.82) is 0 Å². The van der Waals surface area contributed by atoms with Crippen LogP contribution < -0.4 is 14.8 Å². The van der Waals surface area contributed by atoms with Crippen molar-refractivity contribution in [3.05, 3.63) is 64.4 Å². The van der Waals surface area contributed by atoms with Crippen molar-refractivity contribution in [3.8, 4) is 11.5 Å². The summed E-state index contributed by atoms with van der Waals surface area (Å²) in [5, 5.41) is 3.56. The number of amides is 2. The number of nitrogens with zero attached hydrogens (tertiary/aromatic N) is 2. The number of hydrogen-bond donors (Lipinski definition) is 1. The number of rotatable bonds is 4. The van der Waals surface area contributed by atoms with Crippen molar-refractivity contribution in [3.63, 3.8) is 0 Å². The van der Waals surface area contributed by atoms with Gasteiger partial charge < -0.3 is 19.7 Å². The second kappa shape index (κ2) is 7.44. The van der Waals surface area contributed by atoms with Crippen LogP contribution in [-0.2, 0) is 0 Å². The first-order valence-corrected chi connectivity index (χ1v) is 9.91. The number of carbonyl (C=O) groups is 1. The van der Waals surface area contributed by atoms with E-state index in [0.717, 1.165) is 33.6 Å². The van der Waals surface area contributed by atoms with Crippen LogP contribution in [0, 0.1) is 20.8 Å². The number of ether oxygens (including phenoxy) is 2. The number of carbonyl (C=O) groups excluding carboxylic acids is 1. The average molecular weight is 405 g/mol. The largest absolute Gasteiger partial charge is 0.493 e. The van der Waals surface area contributed by atoms with E-state index in [1.54, 1.807) is 30.2 Å². The molecule has 2 aliphatic heterocycles. The van der Waals surface area contributed by atoms with E-state index in [1.165, 1.54) is 5.56 Å². The topological polar surface area (TPSA) is 54.0 Å². The molecule has 2 aromatic carbocycles. The fraction of sp³-hybridized carbons (Fsp3) is 0.292. The van der Waals surface area contributed by atoms with Crippen LogP contribution in [0.2, 0.25) is 0 Å². The van der Waals surface area contributed by atoms with Crippen LogP contribution in [0.25, 0.3) is 11.8 Å². The van der Waals surface area contributed by atoms with Gasteiger partial charge in [-0.05, 0) is 61.7 Å². The number of nitrogens with one attached hydrogen (secondary N) is 1. The van der Waals surface area contributed by atoms with Gasteiger partial charge in [-0.15, -0.1) is 0 Å². The number of methoxy groups -OCH3 is 2. The molecule has 0 spiro atoms. The first-order valence-electron chi connectivity index (χ1n) is 9.91. The van der Waals surface area contributed by atoms with E-state index < -0.39 is 0 Å². The van der Waals surface area contributed by atoms with Crippen molar-refractivity contribution in [2.75, 3.05) is 26.6 Å². The molecule has 4 rings (SSSR count). The Morgan fingerprint density at radius 2 is 1.60 bits per heavy atom. The number of benzene rings is 2. The molecule has 1 unspecified atom stereocenters. The van der Waals surface area contributed by atoms with Gasteiger partial charge in [-0.1, -0.05) is 17.7 Å². The molecule has 2 aromatic rings. The van der Waals surface area contributed by atoms with Crippen LogP contribution in [-0.4, -0.2) is 43.3 Å². The summed E-state index contributed by atoms with van der Waals surface area (Å²) < 4.78 is 10.9. The van der Waals surface area contributed by atoms with Gasteiger partial charge in [-0.25, -0.2) is 4.79 Å². The first kappa shape index (κ1) is 19.9. The molecule has 2 amide bonds. The van der Waals surface area contributed by atoms with Crippen LogP contribution in [0.15, 0.2) is 36.5 Å². The van der Waals surface area contributed by atoms with Gasteiger partial charge in [-0.3, -0.25) is 4.90 Å². The van der Waals surface area contributed by atoms with Gasteiger partial charge in [0.2, 0.25) is 0 Å². The third-order valence-corrected chi connectivity index (χ3v) is 5.70. The Labute approximate surface area is 177 Å². The molecule has 156 valence electrons. The summed E-state index contributed by atoms with van der Waals surface area (Å²) in [6.07, 6.45) is 5.52. The summed E-state index contributed by atoms with van der Waals surface area (Å²) in [4.78, 5) is 16.5. The molecule has 0 bridgehead atoms. The minimum absolute atomic E-state index is 0.0934. The molecule has 0 aliphatic carbocycles. The third-order valence-electron chi connectivity index (χ3n) is 5.70. The normalized spacial score (nSPS) is 17.3. The third kappa shape index (κ3) is 3.18. The van der Waals surface area contributed by atoms with Crippen LogP contribution in [0.4, 0.5) is 10.5 Å². The van der Waals surface area contributed by atoms with E-state index >= 15 is 0 Å². The zero-order valence-electron chi connectivity index (χ0n) is 18.2. The van der Waals surface area contributed by atoms with Crippen LogP contribution in [0.3, 0.4) is 0 Å². The van der Waals surface area contributed by atoms with E-state index in [0.29, 0.717) is 11.5 Å². The summed E-state index contributed by atoms with van der Waals surface area (Å²) in [7, 11) is 5.04. The zero-order valence-corrected chi connectivity index (χ0v) is 18.2. The van der Waals surface area contributed by atoms with Crippen molar-refractivity contribution in [2.45, 2.75) is 26.9 Å². The molecule has 1 atom stereocenters. The number of fused-ring (bicyclic) bond motifs is 3. The number of urea groups is 1. The van der Waals surface area contributed by atoms with Crippen LogP contribution >= 0.6 is 0 Å². The lowest BCUT2D eigenvalue weighted by Gasteiger charge is -2.40. The predicted octanol–water partition coefficient (Wildman–Crippen LogP) is 4.76. The van der Waals surface area contributed by atoms with Gasteiger partial charge in [-0.2, -0.15) is 0 Å². The Hall–Kier alpha value is -3.41. The van der Waals surface area contributed by atoms with E-state index in [2.05, 4.69) is 44.3 Å². The lowest BCUT2D eigenvalue weighted by molar-refractivity contribution is 0.183. The lowest BCUT2D eigenvalue weighted by atomic mass is 9.97. The number of anilines is 1. The predicted molar refractivity (Wildman–Crippen MR) is 120 cm³/mol. The molecular weight excluding hydrogens is 378 g/mol. The summed E-state index contributed by atoms with van der Waals surface area (Å²) >= 11 is 0. The molecular formula is C24H27N3O3. The molecule has 0 radical (unpaired) electrons. The van der Waals surface area contributed by atoms with E-state index in [9.17, 15) is 4.79 Å². The fourth-order valence-corrected chi connectivity index (χ4v) is 4.20. The Morgan fingerprint density at radius 1 is 0.967 bits per heavy atom. The van der Waals surface area contributed by atoms with E-state index in [-0.39, 0.29) is 12.2 Å². The first-order chi connectivity index (χ1) is 14.3. The van der Waals surface area contributed by atoms with Gasteiger partial charge in [0.1, 0.15) is 6.17 Å². The molecule has 6 heteroatoms. The van der Waals surface area contributed by atoms with Crippen molar-refractivity contribution in [2.24, 2.45) is 0 Å². The van der Waals surface area contributed by atoms with Crippen LogP contribution in [0.5, 0.6) is 11.5 Å². The lowest BCUT2D eigenvalue weighted by Crippen LogP contribution is -2.50. The van der Waals surface area contributed by atoms with E-state index in [1.807, 2.05) is 25.3 Å². The fourth-order valence-electron chi connectivity index (χ4n) is 4.20. The average Bonchev–Trinajstić information content (AvgIpc) is 2.72. The summed E-state index contributed by atoms with van der Waals surface area (Å²) in [5.74, 6) is 1.29. The smallest absolute Gasteiger partial charge is 0.330 e. The summed E-state index contributed by atoms with van der Waals surface area (Å²) in [6, 6.07) is 8.06. The second-order valence-electron chi connectivity index (χ2n) is 7.79. The Kier molecular flexibility index (Phi) is 4.94. The minimum Gasteiger partial charge on any atom is -0.493 e. The summed E-state index contributed by atoms with van der Waals surface area (Å²) in [6.45, 7) is 6.26. The molecule has 1 N–H and O–H groups in total. The SMILES string of the molecule is COc1cc2c(cc1OC)C1=CC(Nc3c(C)cc(C)cc3C)N(C)C(=O)N1C=C2. The van der Waals surface area contributed by atoms with Gasteiger partial charge in [0.15, 0.2) is 11.5 Å². The Morgan fingerprint density at radius 3 is 2.23 bits per heavy atom. The highest BCUT2D eigenvalue weighted by molar-refractivity contribution is 5.95. The molecule has 30 heavy (non-hydrogen) atoms. The molecule has 0 aromatic heterocycles. The van der Waals surface area contributed by atoms with Crippen LogP contribution in [0.1, 0.15) is 27.8 Å². The molecule has 6 nitrogen and oxygen atoms in total. The van der Waals surface area contributed by atoms with Gasteiger partial charge >= 0.3 is 6.03 Å². The standard InChI is InChI=1S/C24H27N3O3/c1-14-9-15(2)23(16(3)10-14)25-22-13-19-18-12-21(30-6)20(29-5)11-17(18)7-8-27(19)24(28)26(22)4/h7-13,22,25H,1-6H3. The number of hydrogen-bond acceptors (Lipinski definition) is 4. The zero-order chi connectivity index (χ0) is 21.6. The van der Waals surface area contributed by atoms with Crippen molar-refractivity contribution >= 4 is 23.5 Å². The highest BCUT2D eigenvalue weighted by Gasteiger charge is 2.34. The molecule has 2 aliphatic rings. The van der Waals surface area contributed by atoms with Gasteiger partial charge in [0, 0.05) is 24.5 Å². The van der Waals surface area contributed by atoms with Gasteiger partial charge in [0.05, 0.1) is 19.9 Å². The van der Waals surface area contributed by atoms with Crippen molar-refractivity contribution in [1.82, 2.24) is 9.80 Å². The Bertz CT molecular complexity index is 1060. The van der Waals surface area contributed by atoms with Gasteiger partial charge in [0.25, 0.3) is 0 Å². The molecule has 0 saturated heterocycles. The highest BCUT2D eigenvalue weighted by Crippen LogP contribution is 2.40. The molecule has 0 saturated carbocycles. The highest BCUT2D eigenvalue weighted by atomic mass is 16.5. The van der Waals surface area contributed by atoms with Crippen molar-refractivity contribution < 1.29 is 14.3 Å². The maximum Gasteiger partial charge on any atom is 0.330 e. The maximum absolute atomic E-state index is 13.1. The minimum atomic E-state index is -0.281. The number of likely N-dealkylation sites (N-methyl/N-ethyl adjacent to an activating group) is 1. The summed E-state index contributed by atoms with van der Waals surface area (Å²) in [5.41, 5.74) is 7.33. The monoisotopic (exact) mass is 405 g/mol. The molecule has 0 fully saturated rings. The quantitative estimate of drug-likeness (QED) is 0.797.